The molecule has 1 aliphatic rings. The van der Waals surface area contributed by atoms with Crippen LogP contribution in [-0.2, 0) is 4.74 Å². The second kappa shape index (κ2) is 3.70. The van der Waals surface area contributed by atoms with Crippen LogP contribution in [0, 0.1) is 12.8 Å². The summed E-state index contributed by atoms with van der Waals surface area (Å²) in [5, 5.41) is 0. The van der Waals surface area contributed by atoms with E-state index in [0.29, 0.717) is 29.7 Å². The highest BCUT2D eigenvalue weighted by atomic mass is 16.5. The van der Waals surface area contributed by atoms with Crippen LogP contribution in [-0.4, -0.2) is 19.6 Å². The maximum Gasteiger partial charge on any atom is 0.341 e. The highest BCUT2D eigenvalue weighted by Gasteiger charge is 2.40. The lowest BCUT2D eigenvalue weighted by Crippen LogP contribution is -2.02. The van der Waals surface area contributed by atoms with E-state index in [1.165, 1.54) is 7.11 Å². The van der Waals surface area contributed by atoms with Gasteiger partial charge in [-0.3, -0.25) is 0 Å². The lowest BCUT2D eigenvalue weighted by atomic mass is 10.2. The number of rotatable bonds is 3. The predicted octanol–water partition coefficient (Wildman–Crippen LogP) is 1.44. The zero-order valence-corrected chi connectivity index (χ0v) is 8.95. The molecular weight excluding hydrogens is 194 g/mol. The molecule has 15 heavy (non-hydrogen) atoms. The molecule has 2 rings (SSSR count). The van der Waals surface area contributed by atoms with E-state index >= 15 is 0 Å². The van der Waals surface area contributed by atoms with Crippen molar-refractivity contribution in [3.8, 4) is 0 Å². The van der Waals surface area contributed by atoms with Gasteiger partial charge in [-0.2, -0.15) is 0 Å². The van der Waals surface area contributed by atoms with Crippen LogP contribution in [0.15, 0.2) is 10.5 Å². The molecule has 0 aromatic carbocycles. The lowest BCUT2D eigenvalue weighted by Gasteiger charge is -1.93. The predicted molar refractivity (Wildman–Crippen MR) is 54.7 cm³/mol. The average molecular weight is 209 g/mol. The molecule has 1 saturated carbocycles. The van der Waals surface area contributed by atoms with Crippen LogP contribution < -0.4 is 5.73 Å². The van der Waals surface area contributed by atoms with Crippen LogP contribution in [0.3, 0.4) is 0 Å². The van der Waals surface area contributed by atoms with Crippen molar-refractivity contribution in [2.24, 2.45) is 11.7 Å². The van der Waals surface area contributed by atoms with Crippen molar-refractivity contribution in [2.75, 3.05) is 13.7 Å². The normalized spacial score (nSPS) is 23.9. The molecular formula is C11H15NO3. The number of aryl methyl sites for hydroxylation is 1. The highest BCUT2D eigenvalue weighted by molar-refractivity contribution is 5.90. The molecule has 0 spiro atoms. The summed E-state index contributed by atoms with van der Waals surface area (Å²) in [6.45, 7) is 2.45. The molecule has 2 atom stereocenters. The number of hydrogen-bond acceptors (Lipinski definition) is 4. The third-order valence-corrected chi connectivity index (χ3v) is 2.93. The number of hydrogen-bond donors (Lipinski definition) is 1. The van der Waals surface area contributed by atoms with Crippen LogP contribution in [0.1, 0.15) is 34.2 Å². The molecule has 0 saturated heterocycles. The summed E-state index contributed by atoms with van der Waals surface area (Å²) < 4.78 is 10.2. The minimum absolute atomic E-state index is 0.340. The van der Waals surface area contributed by atoms with Gasteiger partial charge >= 0.3 is 5.97 Å². The minimum atomic E-state index is -0.340. The molecule has 4 nitrogen and oxygen atoms in total. The van der Waals surface area contributed by atoms with Crippen LogP contribution in [0.4, 0.5) is 0 Å². The van der Waals surface area contributed by atoms with Crippen LogP contribution in [0.5, 0.6) is 0 Å². The van der Waals surface area contributed by atoms with E-state index in [1.54, 1.807) is 13.0 Å². The van der Waals surface area contributed by atoms with Gasteiger partial charge in [-0.15, -0.1) is 0 Å². The third-order valence-electron chi connectivity index (χ3n) is 2.93. The van der Waals surface area contributed by atoms with Crippen molar-refractivity contribution in [1.82, 2.24) is 0 Å². The van der Waals surface area contributed by atoms with E-state index in [-0.39, 0.29) is 5.97 Å². The Morgan fingerprint density at radius 2 is 2.47 bits per heavy atom. The third kappa shape index (κ3) is 1.77. The Balaban J connectivity index is 2.19. The van der Waals surface area contributed by atoms with Gasteiger partial charge in [0.2, 0.25) is 0 Å². The van der Waals surface area contributed by atoms with Gasteiger partial charge in [0.1, 0.15) is 17.1 Å². The number of methoxy groups -OCH3 is 1. The maximum atomic E-state index is 11.3. The molecule has 0 bridgehead atoms. The van der Waals surface area contributed by atoms with Crippen LogP contribution in [0.25, 0.3) is 0 Å². The van der Waals surface area contributed by atoms with Crippen molar-refractivity contribution in [3.63, 3.8) is 0 Å². The van der Waals surface area contributed by atoms with Gasteiger partial charge in [-0.05, 0) is 31.9 Å². The zero-order valence-electron chi connectivity index (χ0n) is 8.95. The van der Waals surface area contributed by atoms with Gasteiger partial charge in [-0.25, -0.2) is 4.79 Å². The second-order valence-corrected chi connectivity index (χ2v) is 3.95. The lowest BCUT2D eigenvalue weighted by molar-refractivity contribution is 0.0599. The largest absolute Gasteiger partial charge is 0.465 e. The minimum Gasteiger partial charge on any atom is -0.465 e. The van der Waals surface area contributed by atoms with Crippen molar-refractivity contribution in [2.45, 2.75) is 19.3 Å². The Bertz CT molecular complexity index is 383. The summed E-state index contributed by atoms with van der Waals surface area (Å²) in [5.41, 5.74) is 6.08. The average Bonchev–Trinajstić information content (AvgIpc) is 2.94. The Morgan fingerprint density at radius 1 is 1.73 bits per heavy atom. The molecule has 1 aromatic rings. The molecule has 4 heteroatoms. The molecule has 1 fully saturated rings. The SMILES string of the molecule is COC(=O)c1cc([C@@H]2C[C@H]2CN)oc1C. The van der Waals surface area contributed by atoms with Gasteiger partial charge in [0.05, 0.1) is 7.11 Å². The quantitative estimate of drug-likeness (QED) is 0.765. The summed E-state index contributed by atoms with van der Waals surface area (Å²) in [6.07, 6.45) is 1.06. The fourth-order valence-electron chi connectivity index (χ4n) is 1.86. The first-order valence-corrected chi connectivity index (χ1v) is 5.06. The first-order valence-electron chi connectivity index (χ1n) is 5.06. The van der Waals surface area contributed by atoms with Crippen molar-refractivity contribution in [3.05, 3.63) is 23.2 Å². The highest BCUT2D eigenvalue weighted by Crippen LogP contribution is 2.47. The van der Waals surface area contributed by atoms with Crippen molar-refractivity contribution < 1.29 is 13.9 Å². The summed E-state index contributed by atoms with van der Waals surface area (Å²) in [5.74, 6) is 2.06. The Kier molecular flexibility index (Phi) is 2.52. The number of esters is 1. The number of ether oxygens (including phenoxy) is 1. The molecule has 1 aromatic heterocycles. The second-order valence-electron chi connectivity index (χ2n) is 3.95. The van der Waals surface area contributed by atoms with Crippen LogP contribution >= 0.6 is 0 Å². The van der Waals surface area contributed by atoms with E-state index in [4.69, 9.17) is 10.2 Å². The van der Waals surface area contributed by atoms with Gasteiger partial charge in [0.25, 0.3) is 0 Å². The van der Waals surface area contributed by atoms with E-state index in [9.17, 15) is 4.79 Å². The number of nitrogens with two attached hydrogens (primary N) is 1. The Hall–Kier alpha value is -1.29. The standard InChI is InChI=1S/C11H15NO3/c1-6-8(11(13)14-2)4-10(15-6)9-3-7(9)5-12/h4,7,9H,3,5,12H2,1-2H3/t7-,9+/m0/s1. The molecule has 0 aliphatic heterocycles. The Labute approximate surface area is 88.4 Å². The zero-order chi connectivity index (χ0) is 11.0. The summed E-state index contributed by atoms with van der Waals surface area (Å²) in [7, 11) is 1.37. The van der Waals surface area contributed by atoms with E-state index in [2.05, 4.69) is 4.74 Å². The number of furan rings is 1. The molecule has 1 aliphatic carbocycles. The smallest absolute Gasteiger partial charge is 0.341 e. The molecule has 1 heterocycles. The van der Waals surface area contributed by atoms with Gasteiger partial charge in [0.15, 0.2) is 0 Å². The summed E-state index contributed by atoms with van der Waals surface area (Å²) in [6, 6.07) is 1.78. The van der Waals surface area contributed by atoms with E-state index < -0.39 is 0 Å². The first-order chi connectivity index (χ1) is 7.17. The number of carbonyl (C=O) groups is 1. The van der Waals surface area contributed by atoms with Crippen molar-refractivity contribution in [1.29, 1.82) is 0 Å². The summed E-state index contributed by atoms with van der Waals surface area (Å²) >= 11 is 0. The van der Waals surface area contributed by atoms with Gasteiger partial charge in [0, 0.05) is 5.92 Å². The fourth-order valence-corrected chi connectivity index (χ4v) is 1.86. The van der Waals surface area contributed by atoms with E-state index in [1.807, 2.05) is 0 Å². The van der Waals surface area contributed by atoms with Crippen LogP contribution in [0.2, 0.25) is 0 Å². The number of carbonyl (C=O) groups excluding carboxylic acids is 1. The molecule has 0 unspecified atom stereocenters. The van der Waals surface area contributed by atoms with Crippen molar-refractivity contribution >= 4 is 5.97 Å². The fraction of sp³-hybridized carbons (Fsp3) is 0.545. The molecule has 0 radical (unpaired) electrons. The monoisotopic (exact) mass is 209 g/mol. The maximum absolute atomic E-state index is 11.3. The topological polar surface area (TPSA) is 65.5 Å². The Morgan fingerprint density at radius 3 is 3.00 bits per heavy atom. The summed E-state index contributed by atoms with van der Waals surface area (Å²) in [4.78, 5) is 11.3. The van der Waals surface area contributed by atoms with Gasteiger partial charge in [-0.1, -0.05) is 0 Å². The molecule has 0 amide bonds. The first kappa shape index (κ1) is 10.2. The molecule has 82 valence electrons. The molecule has 2 N–H and O–H groups in total. The van der Waals surface area contributed by atoms with E-state index in [0.717, 1.165) is 12.2 Å². The van der Waals surface area contributed by atoms with Gasteiger partial charge < -0.3 is 14.9 Å².